The molecule has 0 saturated heterocycles. The molecule has 0 aromatic carbocycles. The minimum atomic E-state index is -4.52. The maximum Gasteiger partial charge on any atom is 0.416 e. The van der Waals surface area contributed by atoms with Crippen molar-refractivity contribution in [2.45, 2.75) is 56.1 Å². The summed E-state index contributed by atoms with van der Waals surface area (Å²) in [5, 5.41) is 8.74. The van der Waals surface area contributed by atoms with E-state index in [1.165, 1.54) is 6.92 Å². The van der Waals surface area contributed by atoms with Gasteiger partial charge in [0.15, 0.2) is 5.16 Å². The summed E-state index contributed by atoms with van der Waals surface area (Å²) in [6.45, 7) is 1.42. The Balaban J connectivity index is 1.63. The van der Waals surface area contributed by atoms with Crippen LogP contribution in [0.25, 0.3) is 0 Å². The third-order valence-corrected chi connectivity index (χ3v) is 5.73. The number of hydrogen-bond donors (Lipinski definition) is 1. The first-order valence-electron chi connectivity index (χ1n) is 10.3. The molecule has 9 nitrogen and oxygen atoms in total. The molecule has 2 aromatic rings. The second kappa shape index (κ2) is 11.4. The minimum Gasteiger partial charge on any atom is -0.481 e. The van der Waals surface area contributed by atoms with E-state index >= 15 is 0 Å². The number of rotatable bonds is 11. The number of unbranched alkanes of at least 4 members (excludes halogenated alkanes) is 1. The number of ether oxygens (including phenoxy) is 3. The number of aromatic nitrogens is 3. The van der Waals surface area contributed by atoms with Gasteiger partial charge in [-0.05, 0) is 31.4 Å². The number of nitrogens with zero attached hydrogens (tertiary/aromatic N) is 3. The van der Waals surface area contributed by atoms with Gasteiger partial charge in [0.2, 0.25) is 18.6 Å². The monoisotopic (exact) mass is 501 g/mol. The smallest absolute Gasteiger partial charge is 0.416 e. The van der Waals surface area contributed by atoms with Crippen molar-refractivity contribution in [3.8, 4) is 11.8 Å². The number of esters is 1. The molecule has 1 N–H and O–H groups in total. The Morgan fingerprint density at radius 3 is 2.74 bits per heavy atom. The fourth-order valence-corrected chi connectivity index (χ4v) is 4.08. The molecule has 3 rings (SSSR count). The first-order valence-corrected chi connectivity index (χ1v) is 11.3. The molecule has 0 atom stereocenters. The average Bonchev–Trinajstić information content (AvgIpc) is 3.24. The molecule has 184 valence electrons. The maximum absolute atomic E-state index is 13.4. The predicted octanol–water partition coefficient (Wildman–Crippen LogP) is 3.95. The van der Waals surface area contributed by atoms with Gasteiger partial charge in [0, 0.05) is 36.9 Å². The Bertz CT molecular complexity index is 1050. The Labute approximate surface area is 197 Å². The summed E-state index contributed by atoms with van der Waals surface area (Å²) in [4.78, 5) is 34.7. The SMILES string of the molecule is Cc1nccc(C(F)(F)F)c1CSc1nc2c(c(OCOC(=O)CCCCC(=O)O)n1)CCO2. The van der Waals surface area contributed by atoms with Gasteiger partial charge in [-0.25, -0.2) is 0 Å². The fourth-order valence-electron chi connectivity index (χ4n) is 3.14. The van der Waals surface area contributed by atoms with E-state index in [1.807, 2.05) is 0 Å². The van der Waals surface area contributed by atoms with Crippen LogP contribution in [0.3, 0.4) is 0 Å². The fraction of sp³-hybridized carbons (Fsp3) is 0.476. The van der Waals surface area contributed by atoms with Crippen molar-refractivity contribution in [2.24, 2.45) is 0 Å². The van der Waals surface area contributed by atoms with E-state index in [4.69, 9.17) is 19.3 Å². The lowest BCUT2D eigenvalue weighted by Crippen LogP contribution is -2.12. The summed E-state index contributed by atoms with van der Waals surface area (Å²) in [6, 6.07) is 0.931. The number of aliphatic carboxylic acids is 1. The molecular formula is C21H22F3N3O6S. The van der Waals surface area contributed by atoms with Crippen LogP contribution in [0.1, 0.15) is 48.1 Å². The molecule has 1 aliphatic rings. The van der Waals surface area contributed by atoms with E-state index in [0.717, 1.165) is 24.0 Å². The van der Waals surface area contributed by atoms with Crippen molar-refractivity contribution < 1.29 is 42.1 Å². The van der Waals surface area contributed by atoms with Gasteiger partial charge in [0.25, 0.3) is 0 Å². The second-order valence-electron chi connectivity index (χ2n) is 7.28. The van der Waals surface area contributed by atoms with Crippen LogP contribution < -0.4 is 9.47 Å². The molecule has 1 aliphatic heterocycles. The van der Waals surface area contributed by atoms with Crippen molar-refractivity contribution >= 4 is 23.7 Å². The zero-order valence-corrected chi connectivity index (χ0v) is 19.0. The maximum atomic E-state index is 13.4. The normalized spacial score (nSPS) is 12.7. The van der Waals surface area contributed by atoms with Crippen molar-refractivity contribution in [3.63, 3.8) is 0 Å². The third-order valence-electron chi connectivity index (χ3n) is 4.86. The van der Waals surface area contributed by atoms with Gasteiger partial charge in [0.05, 0.1) is 17.7 Å². The van der Waals surface area contributed by atoms with Gasteiger partial charge in [-0.3, -0.25) is 14.6 Å². The van der Waals surface area contributed by atoms with E-state index in [0.29, 0.717) is 31.4 Å². The molecule has 0 radical (unpaired) electrons. The minimum absolute atomic E-state index is 0.0275. The first kappa shape index (κ1) is 25.5. The summed E-state index contributed by atoms with van der Waals surface area (Å²) in [5.74, 6) is -1.15. The van der Waals surface area contributed by atoms with Gasteiger partial charge < -0.3 is 19.3 Å². The van der Waals surface area contributed by atoms with Crippen LogP contribution in [-0.4, -0.2) is 45.4 Å². The highest BCUT2D eigenvalue weighted by Crippen LogP contribution is 2.37. The summed E-state index contributed by atoms with van der Waals surface area (Å²) in [6.07, 6.45) is -2.18. The highest BCUT2D eigenvalue weighted by atomic mass is 32.2. The second-order valence-corrected chi connectivity index (χ2v) is 8.22. The number of aryl methyl sites for hydroxylation is 1. The van der Waals surface area contributed by atoms with Gasteiger partial charge >= 0.3 is 18.1 Å². The Morgan fingerprint density at radius 2 is 2.00 bits per heavy atom. The van der Waals surface area contributed by atoms with Crippen molar-refractivity contribution in [1.82, 2.24) is 15.0 Å². The van der Waals surface area contributed by atoms with Gasteiger partial charge in [-0.2, -0.15) is 23.1 Å². The van der Waals surface area contributed by atoms with E-state index in [1.54, 1.807) is 0 Å². The molecule has 34 heavy (non-hydrogen) atoms. The van der Waals surface area contributed by atoms with Crippen LogP contribution in [0.4, 0.5) is 13.2 Å². The van der Waals surface area contributed by atoms with E-state index in [-0.39, 0.29) is 46.8 Å². The molecule has 0 fully saturated rings. The molecular weight excluding hydrogens is 479 g/mol. The number of thioether (sulfide) groups is 1. The highest BCUT2D eigenvalue weighted by Gasteiger charge is 2.34. The highest BCUT2D eigenvalue weighted by molar-refractivity contribution is 7.98. The largest absolute Gasteiger partial charge is 0.481 e. The van der Waals surface area contributed by atoms with Crippen LogP contribution >= 0.6 is 11.8 Å². The molecule has 0 amide bonds. The number of hydrogen-bond acceptors (Lipinski definition) is 9. The Hall–Kier alpha value is -3.09. The molecule has 0 aliphatic carbocycles. The van der Waals surface area contributed by atoms with Crippen molar-refractivity contribution in [3.05, 3.63) is 34.6 Å². The Morgan fingerprint density at radius 1 is 1.24 bits per heavy atom. The molecule has 0 unspecified atom stereocenters. The summed E-state index contributed by atoms with van der Waals surface area (Å²) >= 11 is 0.976. The number of fused-ring (bicyclic) bond motifs is 1. The summed E-state index contributed by atoms with van der Waals surface area (Å²) in [7, 11) is 0. The first-order chi connectivity index (χ1) is 16.1. The van der Waals surface area contributed by atoms with Crippen LogP contribution in [0.5, 0.6) is 11.8 Å². The van der Waals surface area contributed by atoms with Crippen LogP contribution in [0, 0.1) is 6.92 Å². The van der Waals surface area contributed by atoms with Crippen molar-refractivity contribution in [1.29, 1.82) is 0 Å². The van der Waals surface area contributed by atoms with E-state index < -0.39 is 30.5 Å². The average molecular weight is 501 g/mol. The molecule has 3 heterocycles. The van der Waals surface area contributed by atoms with E-state index in [9.17, 15) is 22.8 Å². The molecule has 0 bridgehead atoms. The zero-order chi connectivity index (χ0) is 24.7. The Kier molecular flexibility index (Phi) is 8.53. The van der Waals surface area contributed by atoms with Crippen molar-refractivity contribution in [2.75, 3.05) is 13.4 Å². The van der Waals surface area contributed by atoms with Crippen LogP contribution in [0.2, 0.25) is 0 Å². The number of carboxylic acids is 1. The van der Waals surface area contributed by atoms with Gasteiger partial charge in [-0.1, -0.05) is 11.8 Å². The summed E-state index contributed by atoms with van der Waals surface area (Å²) in [5.41, 5.74) is 0.0998. The molecule has 0 saturated carbocycles. The number of alkyl halides is 3. The van der Waals surface area contributed by atoms with Crippen LogP contribution in [0.15, 0.2) is 17.4 Å². The quantitative estimate of drug-likeness (QED) is 0.159. The van der Waals surface area contributed by atoms with E-state index in [2.05, 4.69) is 15.0 Å². The summed E-state index contributed by atoms with van der Waals surface area (Å²) < 4.78 is 56.0. The van der Waals surface area contributed by atoms with Gasteiger partial charge in [-0.15, -0.1) is 0 Å². The molecule has 2 aromatic heterocycles. The number of pyridine rings is 1. The lowest BCUT2D eigenvalue weighted by atomic mass is 10.1. The lowest BCUT2D eigenvalue weighted by Gasteiger charge is -2.14. The standard InChI is InChI=1S/C21H22F3N3O6S/c1-12-14(15(6-8-25-12)21(22,23)24)10-34-20-26-18-13(7-9-31-18)19(27-20)33-11-32-17(30)5-3-2-4-16(28)29/h6,8H,2-5,7,9-11H2,1H3,(H,28,29). The number of carbonyl (C=O) groups is 2. The zero-order valence-electron chi connectivity index (χ0n) is 18.2. The third kappa shape index (κ3) is 6.95. The molecule has 13 heteroatoms. The molecule has 0 spiro atoms. The number of carboxylic acid groups (broad SMARTS) is 1. The van der Waals surface area contributed by atoms with Gasteiger partial charge in [0.1, 0.15) is 0 Å². The van der Waals surface area contributed by atoms with Crippen LogP contribution in [-0.2, 0) is 32.7 Å². The predicted molar refractivity (Wildman–Crippen MR) is 112 cm³/mol. The number of carbonyl (C=O) groups excluding carboxylic acids is 1. The number of halogens is 3. The topological polar surface area (TPSA) is 121 Å². The lowest BCUT2D eigenvalue weighted by molar-refractivity contribution is -0.150.